The zero-order chi connectivity index (χ0) is 16.7. The molecule has 2 atom stereocenters. The number of rotatable bonds is 8. The lowest BCUT2D eigenvalue weighted by molar-refractivity contribution is -0.123. The summed E-state index contributed by atoms with van der Waals surface area (Å²) in [6.45, 7) is 1.44. The third kappa shape index (κ3) is 5.18. The van der Waals surface area contributed by atoms with Crippen LogP contribution in [0.4, 0.5) is 0 Å². The average molecular weight is 323 g/mol. The smallest absolute Gasteiger partial charge is 0.234 e. The maximum Gasteiger partial charge on any atom is 0.234 e. The molecule has 2 rings (SSSR count). The highest BCUT2D eigenvalue weighted by Crippen LogP contribution is 2.31. The van der Waals surface area contributed by atoms with Gasteiger partial charge >= 0.3 is 0 Å². The fourth-order valence-corrected chi connectivity index (χ4v) is 2.71. The van der Waals surface area contributed by atoms with Crippen molar-refractivity contribution in [2.75, 3.05) is 39.4 Å². The van der Waals surface area contributed by atoms with Crippen molar-refractivity contribution in [3.8, 4) is 5.75 Å². The van der Waals surface area contributed by atoms with Gasteiger partial charge in [-0.05, 0) is 6.07 Å². The van der Waals surface area contributed by atoms with Crippen molar-refractivity contribution in [1.29, 1.82) is 0 Å². The second-order valence-electron chi connectivity index (χ2n) is 5.66. The first-order valence-corrected chi connectivity index (χ1v) is 7.86. The molecular formula is C16H25N3O4. The van der Waals surface area contributed by atoms with Gasteiger partial charge in [0.05, 0.1) is 31.9 Å². The summed E-state index contributed by atoms with van der Waals surface area (Å²) in [6.07, 6.45) is -0.156. The van der Waals surface area contributed by atoms with Crippen LogP contribution in [0.1, 0.15) is 18.0 Å². The first-order valence-electron chi connectivity index (χ1n) is 7.86. The fraction of sp³-hybridized carbons (Fsp3) is 0.562. The van der Waals surface area contributed by atoms with Gasteiger partial charge in [-0.1, -0.05) is 18.2 Å². The number of fused-ring (bicyclic) bond motifs is 1. The summed E-state index contributed by atoms with van der Waals surface area (Å²) >= 11 is 0. The number of amides is 1. The molecule has 0 spiro atoms. The quantitative estimate of drug-likeness (QED) is 0.501. The summed E-state index contributed by atoms with van der Waals surface area (Å²) in [5, 5.41) is 21.5. The number of hydrogen-bond acceptors (Lipinski definition) is 6. The zero-order valence-electron chi connectivity index (χ0n) is 13.1. The van der Waals surface area contributed by atoms with Gasteiger partial charge in [-0.15, -0.1) is 0 Å². The van der Waals surface area contributed by atoms with Gasteiger partial charge in [0.2, 0.25) is 5.91 Å². The number of benzene rings is 1. The predicted octanol–water partition coefficient (Wildman–Crippen LogP) is -0.760. The lowest BCUT2D eigenvalue weighted by Gasteiger charge is -2.28. The van der Waals surface area contributed by atoms with Gasteiger partial charge in [0, 0.05) is 31.6 Å². The van der Waals surface area contributed by atoms with E-state index in [-0.39, 0.29) is 31.6 Å². The van der Waals surface area contributed by atoms with Crippen LogP contribution >= 0.6 is 0 Å². The monoisotopic (exact) mass is 323 g/mol. The van der Waals surface area contributed by atoms with E-state index in [4.69, 9.17) is 15.6 Å². The maximum atomic E-state index is 12.3. The molecule has 0 radical (unpaired) electrons. The number of carbonyl (C=O) groups excluding carboxylic acids is 1. The summed E-state index contributed by atoms with van der Waals surface area (Å²) in [6, 6.07) is 7.60. The Kier molecular flexibility index (Phi) is 6.79. The van der Waals surface area contributed by atoms with E-state index in [0.717, 1.165) is 17.7 Å². The van der Waals surface area contributed by atoms with Crippen LogP contribution in [0, 0.1) is 0 Å². The van der Waals surface area contributed by atoms with E-state index in [0.29, 0.717) is 19.7 Å². The molecule has 2 unspecified atom stereocenters. The first-order chi connectivity index (χ1) is 11.1. The molecule has 1 aliphatic rings. The van der Waals surface area contributed by atoms with Crippen LogP contribution in [0.3, 0.4) is 0 Å². The molecule has 1 heterocycles. The Morgan fingerprint density at radius 2 is 2.26 bits per heavy atom. The number of aliphatic hydroxyl groups excluding tert-OH is 2. The lowest BCUT2D eigenvalue weighted by Crippen LogP contribution is -2.45. The summed E-state index contributed by atoms with van der Waals surface area (Å²) in [7, 11) is 0. The van der Waals surface area contributed by atoms with Crippen molar-refractivity contribution in [3.05, 3.63) is 29.8 Å². The fourth-order valence-electron chi connectivity index (χ4n) is 2.71. The number of carbonyl (C=O) groups is 1. The van der Waals surface area contributed by atoms with Gasteiger partial charge in [0.15, 0.2) is 0 Å². The molecule has 7 nitrogen and oxygen atoms in total. The molecule has 0 bridgehead atoms. The molecule has 0 aliphatic carbocycles. The minimum atomic E-state index is -0.877. The van der Waals surface area contributed by atoms with E-state index in [9.17, 15) is 9.90 Å². The normalized spacial score (nSPS) is 18.2. The summed E-state index contributed by atoms with van der Waals surface area (Å²) in [4.78, 5) is 14.0. The van der Waals surface area contributed by atoms with Gasteiger partial charge < -0.3 is 26.0 Å². The molecule has 1 aliphatic heterocycles. The third-order valence-corrected chi connectivity index (χ3v) is 3.79. The van der Waals surface area contributed by atoms with E-state index >= 15 is 0 Å². The largest absolute Gasteiger partial charge is 0.493 e. The van der Waals surface area contributed by atoms with E-state index in [2.05, 4.69) is 5.32 Å². The summed E-state index contributed by atoms with van der Waals surface area (Å²) in [5.41, 5.74) is 6.52. The van der Waals surface area contributed by atoms with Gasteiger partial charge in [-0.3, -0.25) is 9.69 Å². The van der Waals surface area contributed by atoms with Crippen molar-refractivity contribution < 1.29 is 19.7 Å². The van der Waals surface area contributed by atoms with Crippen molar-refractivity contribution in [3.63, 3.8) is 0 Å². The van der Waals surface area contributed by atoms with Gasteiger partial charge in [0.25, 0.3) is 0 Å². The Balaban J connectivity index is 1.93. The summed E-state index contributed by atoms with van der Waals surface area (Å²) in [5.74, 6) is 0.670. The molecule has 5 N–H and O–H groups in total. The molecule has 1 amide bonds. The minimum absolute atomic E-state index is 0.0741. The van der Waals surface area contributed by atoms with Crippen LogP contribution in [0.15, 0.2) is 24.3 Å². The van der Waals surface area contributed by atoms with Crippen LogP contribution in [-0.2, 0) is 4.79 Å². The molecule has 7 heteroatoms. The number of para-hydroxylation sites is 1. The number of nitrogens with zero attached hydrogens (tertiary/aromatic N) is 1. The molecule has 0 aromatic heterocycles. The van der Waals surface area contributed by atoms with Crippen LogP contribution in [0.25, 0.3) is 0 Å². The van der Waals surface area contributed by atoms with E-state index < -0.39 is 6.10 Å². The van der Waals surface area contributed by atoms with Gasteiger partial charge in [-0.25, -0.2) is 0 Å². The number of nitrogens with two attached hydrogens (primary N) is 1. The van der Waals surface area contributed by atoms with Crippen LogP contribution in [-0.4, -0.2) is 66.5 Å². The SMILES string of the molecule is NCCN(CC(=O)NC1CCOc2ccccc21)CC(O)CO. The van der Waals surface area contributed by atoms with E-state index in [1.807, 2.05) is 24.3 Å². The molecule has 23 heavy (non-hydrogen) atoms. The Bertz CT molecular complexity index is 512. The zero-order valence-corrected chi connectivity index (χ0v) is 13.1. The molecule has 128 valence electrons. The molecule has 1 aromatic rings. The lowest BCUT2D eigenvalue weighted by atomic mass is 10.0. The van der Waals surface area contributed by atoms with Gasteiger partial charge in [-0.2, -0.15) is 0 Å². The standard InChI is InChI=1S/C16H25N3O4/c17-6-7-19(9-12(21)11-20)10-16(22)18-14-5-8-23-15-4-2-1-3-13(14)15/h1-4,12,14,20-21H,5-11,17H2,(H,18,22). The van der Waals surface area contributed by atoms with Crippen molar-refractivity contribution in [2.24, 2.45) is 5.73 Å². The second kappa shape index (κ2) is 8.83. The molecule has 0 saturated carbocycles. The summed E-state index contributed by atoms with van der Waals surface area (Å²) < 4.78 is 5.58. The number of nitrogens with one attached hydrogen (secondary N) is 1. The number of hydrogen-bond donors (Lipinski definition) is 4. The molecule has 0 fully saturated rings. The van der Waals surface area contributed by atoms with Crippen molar-refractivity contribution in [2.45, 2.75) is 18.6 Å². The Morgan fingerprint density at radius 3 is 3.00 bits per heavy atom. The second-order valence-corrected chi connectivity index (χ2v) is 5.66. The first kappa shape index (κ1) is 17.7. The predicted molar refractivity (Wildman–Crippen MR) is 86.0 cm³/mol. The minimum Gasteiger partial charge on any atom is -0.493 e. The molecule has 1 aromatic carbocycles. The topological polar surface area (TPSA) is 108 Å². The van der Waals surface area contributed by atoms with E-state index in [1.165, 1.54) is 0 Å². The Labute approximate surface area is 136 Å². The van der Waals surface area contributed by atoms with Crippen molar-refractivity contribution in [1.82, 2.24) is 10.2 Å². The highest BCUT2D eigenvalue weighted by atomic mass is 16.5. The van der Waals surface area contributed by atoms with Gasteiger partial charge in [0.1, 0.15) is 5.75 Å². The Morgan fingerprint density at radius 1 is 1.48 bits per heavy atom. The van der Waals surface area contributed by atoms with E-state index in [1.54, 1.807) is 4.90 Å². The van der Waals surface area contributed by atoms with Crippen LogP contribution < -0.4 is 15.8 Å². The molecular weight excluding hydrogens is 298 g/mol. The highest BCUT2D eigenvalue weighted by molar-refractivity contribution is 5.78. The maximum absolute atomic E-state index is 12.3. The third-order valence-electron chi connectivity index (χ3n) is 3.79. The van der Waals surface area contributed by atoms with Crippen molar-refractivity contribution >= 4 is 5.91 Å². The number of aliphatic hydroxyl groups is 2. The molecule has 0 saturated heterocycles. The van der Waals surface area contributed by atoms with Crippen LogP contribution in [0.2, 0.25) is 0 Å². The Hall–Kier alpha value is -1.67. The number of ether oxygens (including phenoxy) is 1. The highest BCUT2D eigenvalue weighted by Gasteiger charge is 2.23. The average Bonchev–Trinajstić information content (AvgIpc) is 2.55. The van der Waals surface area contributed by atoms with Crippen LogP contribution in [0.5, 0.6) is 5.75 Å².